The average molecular weight is 426 g/mol. The summed E-state index contributed by atoms with van der Waals surface area (Å²) in [5.74, 6) is 0.511. The Morgan fingerprint density at radius 1 is 0.963 bits per heavy atom. The summed E-state index contributed by atoms with van der Waals surface area (Å²) in [5, 5.41) is 12.7. The van der Waals surface area contributed by atoms with Crippen LogP contribution in [-0.4, -0.2) is 17.6 Å². The fourth-order valence-corrected chi connectivity index (χ4v) is 3.20. The number of carbonyl (C=O) groups is 1. The second-order valence-electron chi connectivity index (χ2n) is 6.09. The van der Waals surface area contributed by atoms with Gasteiger partial charge in [0.15, 0.2) is 0 Å². The Morgan fingerprint density at radius 2 is 1.67 bits per heavy atom. The Labute approximate surface area is 166 Å². The standard InChI is InChI=1S/C22H20BrNO3/c23-18-6-4-5-16(15-18)13-14-24-21(22(25)26)17-9-11-20(12-10-17)27-19-7-2-1-3-8-19/h1-12,15,21,24H,13-14H2,(H,25,26). The lowest BCUT2D eigenvalue weighted by atomic mass is 10.1. The fraction of sp³-hybridized carbons (Fsp3) is 0.136. The van der Waals surface area contributed by atoms with Crippen molar-refractivity contribution in [2.45, 2.75) is 12.5 Å². The predicted molar refractivity (Wildman–Crippen MR) is 109 cm³/mol. The number of carboxylic acids is 1. The highest BCUT2D eigenvalue weighted by Crippen LogP contribution is 2.23. The number of carboxylic acid groups (broad SMARTS) is 1. The molecule has 0 amide bonds. The first-order valence-corrected chi connectivity index (χ1v) is 9.44. The number of benzene rings is 3. The molecule has 3 rings (SSSR count). The first-order valence-electron chi connectivity index (χ1n) is 8.65. The molecule has 5 heteroatoms. The van der Waals surface area contributed by atoms with Gasteiger partial charge in [0, 0.05) is 11.0 Å². The van der Waals surface area contributed by atoms with Crippen LogP contribution in [0.2, 0.25) is 0 Å². The number of para-hydroxylation sites is 1. The van der Waals surface area contributed by atoms with Gasteiger partial charge >= 0.3 is 5.97 Å². The first-order chi connectivity index (χ1) is 13.1. The number of hydrogen-bond donors (Lipinski definition) is 2. The van der Waals surface area contributed by atoms with Crippen LogP contribution in [0.4, 0.5) is 0 Å². The van der Waals surface area contributed by atoms with Crippen LogP contribution < -0.4 is 10.1 Å². The lowest BCUT2D eigenvalue weighted by Crippen LogP contribution is -2.30. The molecule has 0 heterocycles. The van der Waals surface area contributed by atoms with Gasteiger partial charge in [0.25, 0.3) is 0 Å². The maximum absolute atomic E-state index is 11.7. The van der Waals surface area contributed by atoms with Gasteiger partial charge in [0.1, 0.15) is 17.5 Å². The molecule has 2 N–H and O–H groups in total. The lowest BCUT2D eigenvalue weighted by Gasteiger charge is -2.15. The Morgan fingerprint density at radius 3 is 2.33 bits per heavy atom. The average Bonchev–Trinajstić information content (AvgIpc) is 2.67. The van der Waals surface area contributed by atoms with E-state index in [0.29, 0.717) is 17.9 Å². The molecule has 0 aromatic heterocycles. The second kappa shape index (κ2) is 9.35. The lowest BCUT2D eigenvalue weighted by molar-refractivity contribution is -0.139. The van der Waals surface area contributed by atoms with Gasteiger partial charge in [-0.25, -0.2) is 0 Å². The molecule has 27 heavy (non-hydrogen) atoms. The van der Waals surface area contributed by atoms with Crippen molar-refractivity contribution < 1.29 is 14.6 Å². The van der Waals surface area contributed by atoms with E-state index < -0.39 is 12.0 Å². The van der Waals surface area contributed by atoms with E-state index in [0.717, 1.165) is 22.2 Å². The normalized spacial score (nSPS) is 11.7. The van der Waals surface area contributed by atoms with Crippen molar-refractivity contribution in [2.24, 2.45) is 0 Å². The highest BCUT2D eigenvalue weighted by molar-refractivity contribution is 9.10. The van der Waals surface area contributed by atoms with Crippen LogP contribution in [-0.2, 0) is 11.2 Å². The van der Waals surface area contributed by atoms with Crippen molar-refractivity contribution in [3.05, 3.63) is 94.5 Å². The maximum Gasteiger partial charge on any atom is 0.325 e. The summed E-state index contributed by atoms with van der Waals surface area (Å²) in [4.78, 5) is 11.7. The minimum atomic E-state index is -0.902. The van der Waals surface area contributed by atoms with E-state index in [4.69, 9.17) is 4.74 Å². The summed E-state index contributed by atoms with van der Waals surface area (Å²) in [6.07, 6.45) is 0.748. The van der Waals surface area contributed by atoms with E-state index in [2.05, 4.69) is 21.2 Å². The highest BCUT2D eigenvalue weighted by Gasteiger charge is 2.19. The maximum atomic E-state index is 11.7. The molecule has 138 valence electrons. The number of hydrogen-bond acceptors (Lipinski definition) is 3. The summed E-state index contributed by atoms with van der Waals surface area (Å²) in [5.41, 5.74) is 1.84. The van der Waals surface area contributed by atoms with Gasteiger partial charge in [-0.1, -0.05) is 58.4 Å². The number of aliphatic carboxylic acids is 1. The third kappa shape index (κ3) is 5.67. The molecule has 0 fully saturated rings. The van der Waals surface area contributed by atoms with E-state index in [1.807, 2.05) is 54.6 Å². The Balaban J connectivity index is 1.61. The Bertz CT molecular complexity index is 882. The van der Waals surface area contributed by atoms with Crippen LogP contribution in [0.25, 0.3) is 0 Å². The van der Waals surface area contributed by atoms with Crippen molar-refractivity contribution in [2.75, 3.05) is 6.54 Å². The largest absolute Gasteiger partial charge is 0.480 e. The summed E-state index contributed by atoms with van der Waals surface area (Å²) in [7, 11) is 0. The van der Waals surface area contributed by atoms with Gasteiger partial charge in [0.2, 0.25) is 0 Å². The zero-order chi connectivity index (χ0) is 19.1. The second-order valence-corrected chi connectivity index (χ2v) is 7.01. The van der Waals surface area contributed by atoms with Crippen molar-refractivity contribution >= 4 is 21.9 Å². The molecule has 0 aliphatic heterocycles. The van der Waals surface area contributed by atoms with Crippen LogP contribution in [0.15, 0.2) is 83.3 Å². The third-order valence-electron chi connectivity index (χ3n) is 4.09. The molecule has 0 aliphatic carbocycles. The number of ether oxygens (including phenoxy) is 1. The molecule has 4 nitrogen and oxygen atoms in total. The molecule has 0 spiro atoms. The third-order valence-corrected chi connectivity index (χ3v) is 4.58. The quantitative estimate of drug-likeness (QED) is 0.520. The van der Waals surface area contributed by atoms with Crippen molar-refractivity contribution in [1.82, 2.24) is 5.32 Å². The predicted octanol–water partition coefficient (Wildman–Crippen LogP) is 5.20. The molecule has 0 saturated carbocycles. The summed E-state index contributed by atoms with van der Waals surface area (Å²) < 4.78 is 6.77. The number of rotatable bonds is 8. The monoisotopic (exact) mass is 425 g/mol. The van der Waals surface area contributed by atoms with Gasteiger partial charge in [-0.15, -0.1) is 0 Å². The molecule has 3 aromatic rings. The van der Waals surface area contributed by atoms with Gasteiger partial charge in [-0.05, 0) is 53.9 Å². The molecular weight excluding hydrogens is 406 g/mol. The molecule has 1 atom stereocenters. The summed E-state index contributed by atoms with van der Waals surface area (Å²) in [6.45, 7) is 0.565. The van der Waals surface area contributed by atoms with Crippen molar-refractivity contribution in [1.29, 1.82) is 0 Å². The topological polar surface area (TPSA) is 58.6 Å². The van der Waals surface area contributed by atoms with Crippen LogP contribution in [0, 0.1) is 0 Å². The molecular formula is C22H20BrNO3. The SMILES string of the molecule is O=C(O)C(NCCc1cccc(Br)c1)c1ccc(Oc2ccccc2)cc1. The molecule has 0 bridgehead atoms. The van der Waals surface area contributed by atoms with Crippen LogP contribution >= 0.6 is 15.9 Å². The van der Waals surface area contributed by atoms with E-state index in [-0.39, 0.29) is 0 Å². The zero-order valence-corrected chi connectivity index (χ0v) is 16.2. The molecule has 3 aromatic carbocycles. The van der Waals surface area contributed by atoms with Crippen LogP contribution in [0.1, 0.15) is 17.2 Å². The number of halogens is 1. The molecule has 0 radical (unpaired) electrons. The minimum Gasteiger partial charge on any atom is -0.480 e. The molecule has 0 aliphatic rings. The van der Waals surface area contributed by atoms with Crippen molar-refractivity contribution in [3.8, 4) is 11.5 Å². The fourth-order valence-electron chi connectivity index (χ4n) is 2.75. The Kier molecular flexibility index (Phi) is 6.63. The van der Waals surface area contributed by atoms with Gasteiger partial charge in [-0.2, -0.15) is 0 Å². The summed E-state index contributed by atoms with van der Waals surface area (Å²) >= 11 is 3.45. The Hall–Kier alpha value is -2.63. The van der Waals surface area contributed by atoms with Gasteiger partial charge in [-0.3, -0.25) is 4.79 Å². The smallest absolute Gasteiger partial charge is 0.325 e. The molecule has 0 saturated heterocycles. The van der Waals surface area contributed by atoms with Gasteiger partial charge in [0.05, 0.1) is 0 Å². The van der Waals surface area contributed by atoms with E-state index in [1.54, 1.807) is 24.3 Å². The van der Waals surface area contributed by atoms with E-state index >= 15 is 0 Å². The molecule has 1 unspecified atom stereocenters. The highest BCUT2D eigenvalue weighted by atomic mass is 79.9. The number of nitrogens with one attached hydrogen (secondary N) is 1. The minimum absolute atomic E-state index is 0.565. The first kappa shape index (κ1) is 19.1. The van der Waals surface area contributed by atoms with Crippen LogP contribution in [0.3, 0.4) is 0 Å². The van der Waals surface area contributed by atoms with Crippen molar-refractivity contribution in [3.63, 3.8) is 0 Å². The van der Waals surface area contributed by atoms with E-state index in [9.17, 15) is 9.90 Å². The summed E-state index contributed by atoms with van der Waals surface area (Å²) in [6, 6.07) is 23.8. The zero-order valence-electron chi connectivity index (χ0n) is 14.6. The van der Waals surface area contributed by atoms with Gasteiger partial charge < -0.3 is 15.2 Å². The van der Waals surface area contributed by atoms with Crippen LogP contribution in [0.5, 0.6) is 11.5 Å². The van der Waals surface area contributed by atoms with E-state index in [1.165, 1.54) is 0 Å².